The second-order valence-corrected chi connectivity index (χ2v) is 7.34. The van der Waals surface area contributed by atoms with Crippen LogP contribution in [0.5, 0.6) is 0 Å². The number of aromatic nitrogens is 3. The normalized spacial score (nSPS) is 11.1. The molecule has 0 aliphatic carbocycles. The standard InChI is InChI=1S/C19H22N4O2S/c1-12(2)23-18(16-6-5-9-25-16)21-22-19(23)26-11-17(24)20-15-8-7-13(3)10-14(15)4/h5-10,12H,11H2,1-4H3,(H,20,24). The number of hydrogen-bond acceptors (Lipinski definition) is 5. The molecule has 3 rings (SSSR count). The topological polar surface area (TPSA) is 73.0 Å². The number of amides is 1. The SMILES string of the molecule is Cc1ccc(NC(=O)CSc2nnc(-c3ccco3)n2C(C)C)c(C)c1. The van der Waals surface area contributed by atoms with Gasteiger partial charge in [-0.3, -0.25) is 9.36 Å². The summed E-state index contributed by atoms with van der Waals surface area (Å²) in [5.74, 6) is 1.52. The van der Waals surface area contributed by atoms with Gasteiger partial charge in [-0.25, -0.2) is 0 Å². The van der Waals surface area contributed by atoms with E-state index in [9.17, 15) is 4.79 Å². The van der Waals surface area contributed by atoms with Gasteiger partial charge in [0.25, 0.3) is 0 Å². The van der Waals surface area contributed by atoms with E-state index < -0.39 is 0 Å². The summed E-state index contributed by atoms with van der Waals surface area (Å²) in [5.41, 5.74) is 3.06. The molecule has 0 aliphatic rings. The number of nitrogens with zero attached hydrogens (tertiary/aromatic N) is 3. The summed E-state index contributed by atoms with van der Waals surface area (Å²) in [6.45, 7) is 8.12. The van der Waals surface area contributed by atoms with Crippen LogP contribution in [0.4, 0.5) is 5.69 Å². The fourth-order valence-electron chi connectivity index (χ4n) is 2.68. The molecule has 0 spiro atoms. The maximum absolute atomic E-state index is 12.3. The average Bonchev–Trinajstić information content (AvgIpc) is 3.24. The zero-order valence-corrected chi connectivity index (χ0v) is 16.1. The van der Waals surface area contributed by atoms with Gasteiger partial charge in [-0.05, 0) is 51.5 Å². The first-order valence-corrected chi connectivity index (χ1v) is 9.43. The molecule has 0 saturated carbocycles. The van der Waals surface area contributed by atoms with Gasteiger partial charge in [0.2, 0.25) is 11.7 Å². The summed E-state index contributed by atoms with van der Waals surface area (Å²) >= 11 is 1.37. The van der Waals surface area contributed by atoms with Gasteiger partial charge in [0.05, 0.1) is 12.0 Å². The van der Waals surface area contributed by atoms with Crippen LogP contribution in [-0.2, 0) is 4.79 Å². The van der Waals surface area contributed by atoms with Gasteiger partial charge >= 0.3 is 0 Å². The number of aryl methyl sites for hydroxylation is 2. The van der Waals surface area contributed by atoms with Crippen molar-refractivity contribution >= 4 is 23.4 Å². The van der Waals surface area contributed by atoms with Crippen LogP contribution in [0.15, 0.2) is 46.2 Å². The van der Waals surface area contributed by atoms with E-state index in [4.69, 9.17) is 4.42 Å². The first-order valence-electron chi connectivity index (χ1n) is 8.44. The largest absolute Gasteiger partial charge is 0.461 e. The number of thioether (sulfide) groups is 1. The highest BCUT2D eigenvalue weighted by atomic mass is 32.2. The minimum atomic E-state index is -0.0696. The van der Waals surface area contributed by atoms with Gasteiger partial charge in [-0.1, -0.05) is 29.5 Å². The van der Waals surface area contributed by atoms with Crippen molar-refractivity contribution in [2.75, 3.05) is 11.1 Å². The van der Waals surface area contributed by atoms with Gasteiger partial charge in [0, 0.05) is 11.7 Å². The zero-order chi connectivity index (χ0) is 18.7. The maximum atomic E-state index is 12.3. The van der Waals surface area contributed by atoms with Gasteiger partial charge in [0.1, 0.15) is 0 Å². The number of hydrogen-bond donors (Lipinski definition) is 1. The zero-order valence-electron chi connectivity index (χ0n) is 15.3. The van der Waals surface area contributed by atoms with Crippen LogP contribution in [0, 0.1) is 13.8 Å². The number of nitrogens with one attached hydrogen (secondary N) is 1. The molecular weight excluding hydrogens is 348 g/mol. The maximum Gasteiger partial charge on any atom is 0.234 e. The Hall–Kier alpha value is -2.54. The van der Waals surface area contributed by atoms with E-state index in [0.29, 0.717) is 16.7 Å². The molecule has 2 heterocycles. The van der Waals surface area contributed by atoms with Crippen LogP contribution in [0.1, 0.15) is 31.0 Å². The molecular formula is C19H22N4O2S. The minimum absolute atomic E-state index is 0.0696. The van der Waals surface area contributed by atoms with Crippen LogP contribution in [0.2, 0.25) is 0 Å². The smallest absolute Gasteiger partial charge is 0.234 e. The van der Waals surface area contributed by atoms with Crippen molar-refractivity contribution in [2.45, 2.75) is 38.9 Å². The second-order valence-electron chi connectivity index (χ2n) is 6.40. The van der Waals surface area contributed by atoms with Crippen molar-refractivity contribution in [3.63, 3.8) is 0 Å². The van der Waals surface area contributed by atoms with Crippen LogP contribution >= 0.6 is 11.8 Å². The van der Waals surface area contributed by atoms with E-state index in [2.05, 4.69) is 29.4 Å². The van der Waals surface area contributed by atoms with Gasteiger partial charge < -0.3 is 9.73 Å². The fraction of sp³-hybridized carbons (Fsp3) is 0.316. The number of anilines is 1. The molecule has 0 saturated heterocycles. The summed E-state index contributed by atoms with van der Waals surface area (Å²) < 4.78 is 7.42. The van der Waals surface area contributed by atoms with Gasteiger partial charge in [-0.15, -0.1) is 10.2 Å². The first kappa shape index (κ1) is 18.3. The Bertz CT molecular complexity index is 900. The first-order chi connectivity index (χ1) is 12.5. The minimum Gasteiger partial charge on any atom is -0.461 e. The van der Waals surface area contributed by atoms with Crippen molar-refractivity contribution in [1.82, 2.24) is 14.8 Å². The lowest BCUT2D eigenvalue weighted by Gasteiger charge is -2.13. The number of furan rings is 1. The summed E-state index contributed by atoms with van der Waals surface area (Å²) in [4.78, 5) is 12.3. The van der Waals surface area contributed by atoms with E-state index in [1.165, 1.54) is 17.3 Å². The van der Waals surface area contributed by atoms with Crippen LogP contribution in [-0.4, -0.2) is 26.4 Å². The second kappa shape index (κ2) is 7.78. The molecule has 0 radical (unpaired) electrons. The van der Waals surface area contributed by atoms with Crippen molar-refractivity contribution in [2.24, 2.45) is 0 Å². The van der Waals surface area contributed by atoms with E-state index in [-0.39, 0.29) is 17.7 Å². The highest BCUT2D eigenvalue weighted by Crippen LogP contribution is 2.28. The lowest BCUT2D eigenvalue weighted by atomic mass is 10.1. The predicted molar refractivity (Wildman–Crippen MR) is 103 cm³/mol. The number of benzene rings is 1. The molecule has 7 heteroatoms. The summed E-state index contributed by atoms with van der Waals surface area (Å²) in [5, 5.41) is 12.1. The molecule has 136 valence electrons. The van der Waals surface area contributed by atoms with Crippen LogP contribution in [0.25, 0.3) is 11.6 Å². The monoisotopic (exact) mass is 370 g/mol. The van der Waals surface area contributed by atoms with Crippen molar-refractivity contribution in [1.29, 1.82) is 0 Å². The fourth-order valence-corrected chi connectivity index (χ4v) is 3.55. The molecule has 0 fully saturated rings. The lowest BCUT2D eigenvalue weighted by molar-refractivity contribution is -0.113. The van der Waals surface area contributed by atoms with Gasteiger partial charge in [0.15, 0.2) is 10.9 Å². The summed E-state index contributed by atoms with van der Waals surface area (Å²) in [6, 6.07) is 9.78. The summed E-state index contributed by atoms with van der Waals surface area (Å²) in [6.07, 6.45) is 1.61. The number of carbonyl (C=O) groups is 1. The van der Waals surface area contributed by atoms with Crippen LogP contribution < -0.4 is 5.32 Å². The highest BCUT2D eigenvalue weighted by molar-refractivity contribution is 7.99. The number of rotatable bonds is 6. The Kier molecular flexibility index (Phi) is 5.46. The molecule has 1 amide bonds. The third kappa shape index (κ3) is 3.99. The predicted octanol–water partition coefficient (Wildman–Crippen LogP) is 4.47. The molecule has 0 atom stereocenters. The number of carbonyl (C=O) groups excluding carboxylic acids is 1. The molecule has 0 bridgehead atoms. The van der Waals surface area contributed by atoms with Crippen LogP contribution in [0.3, 0.4) is 0 Å². The Labute approximate surface area is 157 Å². The molecule has 3 aromatic rings. The van der Waals surface area contributed by atoms with E-state index in [1.54, 1.807) is 6.26 Å². The Morgan fingerprint density at radius 2 is 2.08 bits per heavy atom. The lowest BCUT2D eigenvalue weighted by Crippen LogP contribution is -2.15. The molecule has 6 nitrogen and oxygen atoms in total. The third-order valence-electron chi connectivity index (χ3n) is 3.91. The molecule has 0 aliphatic heterocycles. The van der Waals surface area contributed by atoms with Gasteiger partial charge in [-0.2, -0.15) is 0 Å². The van der Waals surface area contributed by atoms with E-state index in [0.717, 1.165) is 11.3 Å². The van der Waals surface area contributed by atoms with Crippen molar-refractivity contribution < 1.29 is 9.21 Å². The Balaban J connectivity index is 1.70. The summed E-state index contributed by atoms with van der Waals surface area (Å²) in [7, 11) is 0. The van der Waals surface area contributed by atoms with Crippen molar-refractivity contribution in [3.8, 4) is 11.6 Å². The molecule has 1 N–H and O–H groups in total. The third-order valence-corrected chi connectivity index (χ3v) is 4.85. The molecule has 26 heavy (non-hydrogen) atoms. The molecule has 2 aromatic heterocycles. The Morgan fingerprint density at radius 3 is 2.73 bits per heavy atom. The highest BCUT2D eigenvalue weighted by Gasteiger charge is 2.19. The van der Waals surface area contributed by atoms with E-state index >= 15 is 0 Å². The molecule has 0 unspecified atom stereocenters. The Morgan fingerprint density at radius 1 is 1.27 bits per heavy atom. The average molecular weight is 370 g/mol. The van der Waals surface area contributed by atoms with E-state index in [1.807, 2.05) is 48.7 Å². The van der Waals surface area contributed by atoms with Crippen molar-refractivity contribution in [3.05, 3.63) is 47.7 Å². The molecule has 1 aromatic carbocycles. The quantitative estimate of drug-likeness (QED) is 0.648.